The van der Waals surface area contributed by atoms with Gasteiger partial charge in [0.05, 0.1) is 24.0 Å². The lowest BCUT2D eigenvalue weighted by Gasteiger charge is -2.38. The van der Waals surface area contributed by atoms with Crippen molar-refractivity contribution in [2.24, 2.45) is 17.3 Å². The summed E-state index contributed by atoms with van der Waals surface area (Å²) in [5.74, 6) is -5.57. The van der Waals surface area contributed by atoms with Crippen molar-refractivity contribution in [3.05, 3.63) is 23.1 Å². The monoisotopic (exact) mass is 514 g/mol. The quantitative estimate of drug-likeness (QED) is 0.344. The zero-order valence-corrected chi connectivity index (χ0v) is 21.4. The molecule has 11 nitrogen and oxygen atoms in total. The summed E-state index contributed by atoms with van der Waals surface area (Å²) in [6.45, 7) is 7.88. The SMILES string of the molecule is CCOC(=O)CCNC(=O)C(C)NS(=O)(=O)C1=CC=CC(C(=O)O)(C2CC2)C1C(=O)OC(C)(C)C. The number of carbonyl (C=O) groups excluding carboxylic acids is 3. The minimum absolute atomic E-state index is 0.0560. The third-order valence-electron chi connectivity index (χ3n) is 5.63. The maximum atomic E-state index is 13.3. The van der Waals surface area contributed by atoms with E-state index in [1.807, 2.05) is 0 Å². The van der Waals surface area contributed by atoms with Gasteiger partial charge >= 0.3 is 17.9 Å². The molecule has 0 spiro atoms. The molecule has 0 aromatic rings. The first-order valence-corrected chi connectivity index (χ1v) is 13.0. The van der Waals surface area contributed by atoms with E-state index in [0.717, 1.165) is 6.08 Å². The molecule has 1 fully saturated rings. The summed E-state index contributed by atoms with van der Waals surface area (Å²) in [6, 6.07) is -1.27. The second-order valence-corrected chi connectivity index (χ2v) is 11.3. The first-order chi connectivity index (χ1) is 16.2. The number of aliphatic carboxylic acids is 1. The van der Waals surface area contributed by atoms with Gasteiger partial charge in [-0.1, -0.05) is 12.2 Å². The van der Waals surface area contributed by atoms with E-state index in [2.05, 4.69) is 10.0 Å². The third-order valence-corrected chi connectivity index (χ3v) is 7.29. The van der Waals surface area contributed by atoms with Crippen LogP contribution in [-0.2, 0) is 38.7 Å². The Morgan fingerprint density at radius 2 is 1.86 bits per heavy atom. The minimum Gasteiger partial charge on any atom is -0.481 e. The standard InChI is InChI=1S/C23H34N2O9S/c1-6-33-17(26)11-13-24-19(27)14(2)25-35(31,32)16-8-7-12-23(21(29)30,15-9-10-15)18(16)20(28)34-22(3,4)5/h7-8,12,14-15,18,25H,6,9-11,13H2,1-5H3,(H,24,27)(H,29,30). The Hall–Kier alpha value is -2.73. The van der Waals surface area contributed by atoms with Crippen molar-refractivity contribution in [1.82, 2.24) is 10.0 Å². The summed E-state index contributed by atoms with van der Waals surface area (Å²) in [5, 5.41) is 12.6. The fourth-order valence-electron chi connectivity index (χ4n) is 3.98. The van der Waals surface area contributed by atoms with E-state index in [-0.39, 0.29) is 19.6 Å². The summed E-state index contributed by atoms with van der Waals surface area (Å²) < 4.78 is 39.1. The number of ether oxygens (including phenoxy) is 2. The molecule has 35 heavy (non-hydrogen) atoms. The molecule has 3 unspecified atom stereocenters. The topological polar surface area (TPSA) is 165 Å². The van der Waals surface area contributed by atoms with Gasteiger partial charge in [-0.2, -0.15) is 4.72 Å². The van der Waals surface area contributed by atoms with E-state index in [9.17, 15) is 32.7 Å². The van der Waals surface area contributed by atoms with Crippen molar-refractivity contribution < 1.29 is 42.2 Å². The van der Waals surface area contributed by atoms with Crippen molar-refractivity contribution >= 4 is 33.8 Å². The zero-order valence-electron chi connectivity index (χ0n) is 20.6. The van der Waals surface area contributed by atoms with Crippen LogP contribution in [0.25, 0.3) is 0 Å². The molecular formula is C23H34N2O9S. The number of allylic oxidation sites excluding steroid dienone is 2. The van der Waals surface area contributed by atoms with Crippen molar-refractivity contribution in [3.63, 3.8) is 0 Å². The van der Waals surface area contributed by atoms with Crippen molar-refractivity contribution in [1.29, 1.82) is 0 Å². The maximum absolute atomic E-state index is 13.3. The summed E-state index contributed by atoms with van der Waals surface area (Å²) in [4.78, 5) is 49.0. The van der Waals surface area contributed by atoms with Gasteiger partial charge in [-0.3, -0.25) is 19.2 Å². The molecule has 0 bridgehead atoms. The predicted octanol–water partition coefficient (Wildman–Crippen LogP) is 1.26. The molecule has 1 amide bonds. The molecule has 0 aromatic heterocycles. The molecule has 0 radical (unpaired) electrons. The third kappa shape index (κ3) is 6.91. The molecule has 2 aliphatic carbocycles. The Balaban J connectivity index is 2.29. The summed E-state index contributed by atoms with van der Waals surface area (Å²) in [7, 11) is -4.49. The minimum atomic E-state index is -4.49. The van der Waals surface area contributed by atoms with Crippen molar-refractivity contribution in [3.8, 4) is 0 Å². The molecule has 2 rings (SSSR count). The van der Waals surface area contributed by atoms with E-state index < -0.39 is 67.6 Å². The molecule has 3 atom stereocenters. The van der Waals surface area contributed by atoms with E-state index in [4.69, 9.17) is 9.47 Å². The molecule has 1 saturated carbocycles. The summed E-state index contributed by atoms with van der Waals surface area (Å²) in [6.07, 6.45) is 4.79. The van der Waals surface area contributed by atoms with Crippen LogP contribution in [0.3, 0.4) is 0 Å². The largest absolute Gasteiger partial charge is 0.481 e. The first-order valence-electron chi connectivity index (χ1n) is 11.5. The highest BCUT2D eigenvalue weighted by Gasteiger charge is 2.61. The van der Waals surface area contributed by atoms with Crippen molar-refractivity contribution in [2.45, 2.75) is 65.5 Å². The molecule has 0 heterocycles. The highest BCUT2D eigenvalue weighted by Crippen LogP contribution is 2.55. The fraction of sp³-hybridized carbons (Fsp3) is 0.652. The smallest absolute Gasteiger partial charge is 0.316 e. The van der Waals surface area contributed by atoms with Crippen LogP contribution >= 0.6 is 0 Å². The Morgan fingerprint density at radius 1 is 1.23 bits per heavy atom. The van der Waals surface area contributed by atoms with Gasteiger partial charge in [0.2, 0.25) is 15.9 Å². The number of carboxylic acids is 1. The number of sulfonamides is 1. The van der Waals surface area contributed by atoms with Crippen LogP contribution in [0.4, 0.5) is 0 Å². The zero-order chi connectivity index (χ0) is 26.6. The lowest BCUT2D eigenvalue weighted by molar-refractivity contribution is -0.169. The second kappa shape index (κ2) is 10.9. The molecule has 12 heteroatoms. The number of amides is 1. The van der Waals surface area contributed by atoms with Crippen LogP contribution in [0, 0.1) is 17.3 Å². The Bertz CT molecular complexity index is 1020. The van der Waals surface area contributed by atoms with E-state index >= 15 is 0 Å². The average Bonchev–Trinajstić information content (AvgIpc) is 3.57. The lowest BCUT2D eigenvalue weighted by Crippen LogP contribution is -2.51. The first kappa shape index (κ1) is 28.5. The van der Waals surface area contributed by atoms with E-state index in [1.165, 1.54) is 19.1 Å². The maximum Gasteiger partial charge on any atom is 0.316 e. The van der Waals surface area contributed by atoms with Gasteiger partial charge in [0.15, 0.2) is 0 Å². The Morgan fingerprint density at radius 3 is 2.37 bits per heavy atom. The molecule has 0 aromatic carbocycles. The van der Waals surface area contributed by atoms with Crippen LogP contribution < -0.4 is 10.0 Å². The van der Waals surface area contributed by atoms with Gasteiger partial charge in [0.25, 0.3) is 0 Å². The van der Waals surface area contributed by atoms with Crippen LogP contribution in [0.15, 0.2) is 23.1 Å². The fourth-order valence-corrected chi connectivity index (χ4v) is 5.54. The van der Waals surface area contributed by atoms with Gasteiger partial charge in [-0.05, 0) is 59.5 Å². The Labute approximate surface area is 205 Å². The van der Waals surface area contributed by atoms with E-state index in [1.54, 1.807) is 27.7 Å². The van der Waals surface area contributed by atoms with Gasteiger partial charge in [-0.25, -0.2) is 8.42 Å². The molecule has 0 aliphatic heterocycles. The number of esters is 2. The normalized spacial score (nSPS) is 23.1. The molecule has 0 saturated heterocycles. The average molecular weight is 515 g/mol. The molecule has 2 aliphatic rings. The number of nitrogens with one attached hydrogen (secondary N) is 2. The predicted molar refractivity (Wildman–Crippen MR) is 125 cm³/mol. The van der Waals surface area contributed by atoms with Gasteiger partial charge in [0, 0.05) is 6.54 Å². The van der Waals surface area contributed by atoms with E-state index in [0.29, 0.717) is 12.8 Å². The second-order valence-electron chi connectivity index (χ2n) is 9.60. The number of hydrogen-bond donors (Lipinski definition) is 3. The molecular weight excluding hydrogens is 480 g/mol. The van der Waals surface area contributed by atoms with Gasteiger partial charge in [0.1, 0.15) is 16.9 Å². The van der Waals surface area contributed by atoms with Gasteiger partial charge in [-0.15, -0.1) is 0 Å². The number of hydrogen-bond acceptors (Lipinski definition) is 8. The lowest BCUT2D eigenvalue weighted by atomic mass is 9.68. The molecule has 3 N–H and O–H groups in total. The number of carbonyl (C=O) groups is 4. The summed E-state index contributed by atoms with van der Waals surface area (Å²) in [5.41, 5.74) is -2.77. The van der Waals surface area contributed by atoms with Crippen LogP contribution in [0.5, 0.6) is 0 Å². The van der Waals surface area contributed by atoms with Crippen LogP contribution in [0.2, 0.25) is 0 Å². The Kier molecular flexibility index (Phi) is 8.88. The van der Waals surface area contributed by atoms with Gasteiger partial charge < -0.3 is 19.9 Å². The number of carboxylic acid groups (broad SMARTS) is 1. The molecule has 196 valence electrons. The van der Waals surface area contributed by atoms with Crippen LogP contribution in [-0.4, -0.2) is 62.1 Å². The van der Waals surface area contributed by atoms with Crippen molar-refractivity contribution in [2.75, 3.05) is 13.2 Å². The highest BCUT2D eigenvalue weighted by molar-refractivity contribution is 7.93. The number of rotatable bonds is 11. The van der Waals surface area contributed by atoms with Crippen LogP contribution in [0.1, 0.15) is 53.9 Å². The summed E-state index contributed by atoms with van der Waals surface area (Å²) >= 11 is 0. The highest BCUT2D eigenvalue weighted by atomic mass is 32.2.